The molecule has 1 aromatic heterocycles. The SMILES string of the molecule is CC(C)Oc1ccc(S(N)(=O)=O)cc1CC(=S)Nc1cccc2c1ncn2C. The molecular weight excluding hydrogens is 396 g/mol. The van der Waals surface area contributed by atoms with Gasteiger partial charge in [-0.25, -0.2) is 18.5 Å². The van der Waals surface area contributed by atoms with Gasteiger partial charge in [-0.05, 0) is 44.2 Å². The van der Waals surface area contributed by atoms with Crippen molar-refractivity contribution in [3.8, 4) is 5.75 Å². The molecule has 3 aromatic rings. The zero-order valence-corrected chi connectivity index (χ0v) is 17.5. The molecule has 0 aliphatic carbocycles. The van der Waals surface area contributed by atoms with Crippen molar-refractivity contribution in [3.63, 3.8) is 0 Å². The number of anilines is 1. The first-order valence-corrected chi connectivity index (χ1v) is 10.6. The highest BCUT2D eigenvalue weighted by atomic mass is 32.2. The number of benzene rings is 2. The molecule has 0 saturated carbocycles. The van der Waals surface area contributed by atoms with Crippen LogP contribution in [0.5, 0.6) is 5.75 Å². The molecule has 28 heavy (non-hydrogen) atoms. The third-order valence-corrected chi connectivity index (χ3v) is 5.26. The summed E-state index contributed by atoms with van der Waals surface area (Å²) in [5.74, 6) is 0.572. The van der Waals surface area contributed by atoms with Crippen molar-refractivity contribution in [1.82, 2.24) is 9.55 Å². The standard InChI is InChI=1S/C19H22N4O3S2/c1-12(2)26-17-8-7-14(28(20,24)25)9-13(17)10-18(27)22-15-5-4-6-16-19(15)21-11-23(16)3/h4-9,11-12H,10H2,1-3H3,(H,22,27)(H2,20,24,25). The van der Waals surface area contributed by atoms with E-state index in [1.165, 1.54) is 12.1 Å². The topological polar surface area (TPSA) is 99.2 Å². The van der Waals surface area contributed by atoms with E-state index < -0.39 is 10.0 Å². The largest absolute Gasteiger partial charge is 0.491 e. The number of hydrogen-bond acceptors (Lipinski definition) is 5. The van der Waals surface area contributed by atoms with Crippen molar-refractivity contribution in [1.29, 1.82) is 0 Å². The van der Waals surface area contributed by atoms with E-state index in [1.807, 2.05) is 43.7 Å². The van der Waals surface area contributed by atoms with Crippen LogP contribution < -0.4 is 15.2 Å². The van der Waals surface area contributed by atoms with Gasteiger partial charge in [0, 0.05) is 19.0 Å². The van der Waals surface area contributed by atoms with Crippen LogP contribution in [0.1, 0.15) is 19.4 Å². The maximum atomic E-state index is 11.7. The van der Waals surface area contributed by atoms with E-state index in [0.29, 0.717) is 22.7 Å². The number of sulfonamides is 1. The Hall–Kier alpha value is -2.49. The van der Waals surface area contributed by atoms with Crippen molar-refractivity contribution in [2.75, 3.05) is 5.32 Å². The van der Waals surface area contributed by atoms with Crippen LogP contribution in [0.25, 0.3) is 11.0 Å². The minimum absolute atomic E-state index is 0.0215. The van der Waals surface area contributed by atoms with Gasteiger partial charge in [0.2, 0.25) is 10.0 Å². The Morgan fingerprint density at radius 1 is 1.32 bits per heavy atom. The molecule has 1 heterocycles. The monoisotopic (exact) mass is 418 g/mol. The predicted octanol–water partition coefficient (Wildman–Crippen LogP) is 2.99. The molecule has 148 valence electrons. The Kier molecular flexibility index (Phi) is 5.69. The van der Waals surface area contributed by atoms with Crippen LogP contribution in [0.15, 0.2) is 47.6 Å². The summed E-state index contributed by atoms with van der Waals surface area (Å²) in [7, 11) is -1.90. The molecule has 3 N–H and O–H groups in total. The molecule has 0 fully saturated rings. The zero-order chi connectivity index (χ0) is 20.5. The first-order valence-electron chi connectivity index (χ1n) is 8.67. The Labute approximate surface area is 169 Å². The second-order valence-corrected chi connectivity index (χ2v) is 8.79. The van der Waals surface area contributed by atoms with Gasteiger partial charge in [0.25, 0.3) is 0 Å². The molecule has 0 saturated heterocycles. The quantitative estimate of drug-likeness (QED) is 0.597. The number of nitrogens with one attached hydrogen (secondary N) is 1. The predicted molar refractivity (Wildman–Crippen MR) is 114 cm³/mol. The van der Waals surface area contributed by atoms with Crippen molar-refractivity contribution in [2.24, 2.45) is 12.2 Å². The van der Waals surface area contributed by atoms with Crippen molar-refractivity contribution < 1.29 is 13.2 Å². The number of para-hydroxylation sites is 1. The zero-order valence-electron chi connectivity index (χ0n) is 15.8. The molecule has 2 aromatic carbocycles. The average Bonchev–Trinajstić information content (AvgIpc) is 2.97. The number of nitrogens with two attached hydrogens (primary N) is 1. The lowest BCUT2D eigenvalue weighted by molar-refractivity contribution is 0.240. The summed E-state index contributed by atoms with van der Waals surface area (Å²) in [5, 5.41) is 8.47. The van der Waals surface area contributed by atoms with Gasteiger partial charge in [-0.3, -0.25) is 0 Å². The molecule has 9 heteroatoms. The van der Waals surface area contributed by atoms with Gasteiger partial charge in [0.05, 0.1) is 33.5 Å². The number of nitrogens with zero attached hydrogens (tertiary/aromatic N) is 2. The Morgan fingerprint density at radius 3 is 2.75 bits per heavy atom. The van der Waals surface area contributed by atoms with Crippen molar-refractivity contribution >= 4 is 44.0 Å². The lowest BCUT2D eigenvalue weighted by Gasteiger charge is -2.16. The fraction of sp³-hybridized carbons (Fsp3) is 0.263. The first kappa shape index (κ1) is 20.2. The molecule has 7 nitrogen and oxygen atoms in total. The van der Waals surface area contributed by atoms with Crippen molar-refractivity contribution in [3.05, 3.63) is 48.3 Å². The smallest absolute Gasteiger partial charge is 0.238 e. The van der Waals surface area contributed by atoms with E-state index in [2.05, 4.69) is 10.3 Å². The second kappa shape index (κ2) is 7.86. The van der Waals surface area contributed by atoms with Crippen LogP contribution in [0.3, 0.4) is 0 Å². The summed E-state index contributed by atoms with van der Waals surface area (Å²) in [5.41, 5.74) is 3.22. The van der Waals surface area contributed by atoms with Gasteiger partial charge < -0.3 is 14.6 Å². The first-order chi connectivity index (χ1) is 13.1. The number of rotatable bonds is 6. The number of aromatic nitrogens is 2. The number of aryl methyl sites for hydroxylation is 1. The Bertz CT molecular complexity index is 1140. The minimum atomic E-state index is -3.82. The third-order valence-electron chi connectivity index (χ3n) is 4.10. The van der Waals surface area contributed by atoms with Crippen LogP contribution in [0.4, 0.5) is 5.69 Å². The van der Waals surface area contributed by atoms with Crippen LogP contribution in [-0.4, -0.2) is 29.1 Å². The third kappa shape index (κ3) is 4.49. The maximum Gasteiger partial charge on any atom is 0.238 e. The van der Waals surface area contributed by atoms with Gasteiger partial charge in [-0.15, -0.1) is 0 Å². The summed E-state index contributed by atoms with van der Waals surface area (Å²) in [4.78, 5) is 4.94. The lowest BCUT2D eigenvalue weighted by Crippen LogP contribution is -2.17. The van der Waals surface area contributed by atoms with E-state index >= 15 is 0 Å². The highest BCUT2D eigenvalue weighted by Crippen LogP contribution is 2.26. The van der Waals surface area contributed by atoms with E-state index in [1.54, 1.807) is 12.4 Å². The summed E-state index contributed by atoms with van der Waals surface area (Å²) < 4.78 is 31.2. The van der Waals surface area contributed by atoms with E-state index in [4.69, 9.17) is 22.1 Å². The van der Waals surface area contributed by atoms with Crippen LogP contribution in [0.2, 0.25) is 0 Å². The number of fused-ring (bicyclic) bond motifs is 1. The van der Waals surface area contributed by atoms with Gasteiger partial charge in [-0.2, -0.15) is 0 Å². The number of primary sulfonamides is 1. The van der Waals surface area contributed by atoms with Gasteiger partial charge in [0.1, 0.15) is 11.3 Å². The van der Waals surface area contributed by atoms with E-state index in [9.17, 15) is 8.42 Å². The van der Waals surface area contributed by atoms with Gasteiger partial charge >= 0.3 is 0 Å². The summed E-state index contributed by atoms with van der Waals surface area (Å²) in [6.07, 6.45) is 1.97. The molecule has 0 atom stereocenters. The van der Waals surface area contributed by atoms with Crippen LogP contribution in [0, 0.1) is 0 Å². The van der Waals surface area contributed by atoms with Crippen LogP contribution in [-0.2, 0) is 23.5 Å². The highest BCUT2D eigenvalue weighted by Gasteiger charge is 2.15. The lowest BCUT2D eigenvalue weighted by atomic mass is 10.1. The molecule has 0 aliphatic heterocycles. The van der Waals surface area contributed by atoms with E-state index in [0.717, 1.165) is 16.7 Å². The highest BCUT2D eigenvalue weighted by molar-refractivity contribution is 7.89. The maximum absolute atomic E-state index is 11.7. The average molecular weight is 419 g/mol. The fourth-order valence-electron chi connectivity index (χ4n) is 2.87. The molecule has 0 spiro atoms. The molecular formula is C19H22N4O3S2. The molecule has 0 unspecified atom stereocenters. The van der Waals surface area contributed by atoms with Gasteiger partial charge in [0.15, 0.2) is 0 Å². The molecule has 0 aliphatic rings. The number of imidazole rings is 1. The summed E-state index contributed by atoms with van der Waals surface area (Å²) in [6.45, 7) is 3.80. The molecule has 0 bridgehead atoms. The van der Waals surface area contributed by atoms with Gasteiger partial charge in [-0.1, -0.05) is 18.3 Å². The summed E-state index contributed by atoms with van der Waals surface area (Å²) >= 11 is 5.52. The minimum Gasteiger partial charge on any atom is -0.491 e. The molecule has 0 radical (unpaired) electrons. The van der Waals surface area contributed by atoms with Crippen molar-refractivity contribution in [2.45, 2.75) is 31.3 Å². The van der Waals surface area contributed by atoms with E-state index in [-0.39, 0.29) is 11.0 Å². The second-order valence-electron chi connectivity index (χ2n) is 6.73. The molecule has 3 rings (SSSR count). The van der Waals surface area contributed by atoms with Crippen LogP contribution >= 0.6 is 12.2 Å². The fourth-order valence-corrected chi connectivity index (χ4v) is 3.70. The number of ether oxygens (including phenoxy) is 1. The number of thiocarbonyl (C=S) groups is 1. The Balaban J connectivity index is 1.89. The Morgan fingerprint density at radius 2 is 2.07 bits per heavy atom. The molecule has 0 amide bonds. The summed E-state index contributed by atoms with van der Waals surface area (Å²) in [6, 6.07) is 10.3. The normalized spacial score (nSPS) is 11.8. The number of hydrogen-bond donors (Lipinski definition) is 2.